The summed E-state index contributed by atoms with van der Waals surface area (Å²) in [5.41, 5.74) is 6.10. The van der Waals surface area contributed by atoms with Crippen LogP contribution in [0.15, 0.2) is 48.8 Å². The second kappa shape index (κ2) is 7.70. The fourth-order valence-corrected chi connectivity index (χ4v) is 3.15. The highest BCUT2D eigenvalue weighted by Gasteiger charge is 2.28. The number of carbonyl (C=O) groups is 2. The second-order valence-corrected chi connectivity index (χ2v) is 6.48. The van der Waals surface area contributed by atoms with E-state index in [0.29, 0.717) is 24.6 Å². The van der Waals surface area contributed by atoms with Crippen molar-refractivity contribution >= 4 is 17.7 Å². The summed E-state index contributed by atoms with van der Waals surface area (Å²) in [6.45, 7) is 1.71. The Balaban J connectivity index is 1.75. The van der Waals surface area contributed by atoms with Crippen molar-refractivity contribution in [1.29, 1.82) is 0 Å². The smallest absolute Gasteiger partial charge is 0.303 e. The Morgan fingerprint density at radius 1 is 1.10 bits per heavy atom. The molecule has 2 aromatic heterocycles. The van der Waals surface area contributed by atoms with Crippen molar-refractivity contribution in [2.75, 3.05) is 18.6 Å². The number of aromatic nitrogens is 3. The Labute approximate surface area is 165 Å². The van der Waals surface area contributed by atoms with Crippen LogP contribution in [0.5, 0.6) is 0 Å². The van der Waals surface area contributed by atoms with Gasteiger partial charge in [0.05, 0.1) is 18.7 Å². The highest BCUT2D eigenvalue weighted by molar-refractivity contribution is 5.90. The molecule has 0 saturated heterocycles. The minimum Gasteiger partial charge on any atom is -0.456 e. The van der Waals surface area contributed by atoms with Crippen molar-refractivity contribution in [2.24, 2.45) is 0 Å². The summed E-state index contributed by atoms with van der Waals surface area (Å²) >= 11 is 0. The van der Waals surface area contributed by atoms with Gasteiger partial charge in [0.1, 0.15) is 11.5 Å². The first-order chi connectivity index (χ1) is 14.0. The van der Waals surface area contributed by atoms with Crippen LogP contribution in [0, 0.1) is 5.82 Å². The first-order valence-electron chi connectivity index (χ1n) is 9.00. The quantitative estimate of drug-likeness (QED) is 0.683. The van der Waals surface area contributed by atoms with E-state index in [0.717, 1.165) is 16.7 Å². The number of hydrazine groups is 1. The molecule has 0 spiro atoms. The number of hydrogen-bond acceptors (Lipinski definition) is 6. The number of nitrogens with one attached hydrogen (secondary N) is 1. The normalized spacial score (nSPS) is 12.8. The third-order valence-corrected chi connectivity index (χ3v) is 4.52. The Hall–Kier alpha value is -3.75. The van der Waals surface area contributed by atoms with Crippen LogP contribution in [0.2, 0.25) is 0 Å². The lowest BCUT2D eigenvalue weighted by Gasteiger charge is -2.29. The summed E-state index contributed by atoms with van der Waals surface area (Å²) in [4.78, 5) is 27.4. The number of hydrogen-bond donors (Lipinski definition) is 1. The summed E-state index contributed by atoms with van der Waals surface area (Å²) in [5.74, 6) is -0.632. The number of nitrogens with zero attached hydrogens (tertiary/aromatic N) is 4. The number of benzene rings is 1. The zero-order chi connectivity index (χ0) is 20.4. The van der Waals surface area contributed by atoms with E-state index in [2.05, 4.69) is 10.4 Å². The largest absolute Gasteiger partial charge is 0.456 e. The van der Waals surface area contributed by atoms with E-state index >= 15 is 0 Å². The molecule has 0 unspecified atom stereocenters. The van der Waals surface area contributed by atoms with E-state index in [1.54, 1.807) is 29.2 Å². The van der Waals surface area contributed by atoms with Crippen LogP contribution in [-0.4, -0.2) is 44.8 Å². The number of fused-ring (bicyclic) bond motifs is 1. The summed E-state index contributed by atoms with van der Waals surface area (Å²) in [7, 11) is 0. The molecule has 3 aromatic rings. The molecule has 1 aromatic carbocycles. The van der Waals surface area contributed by atoms with E-state index in [1.165, 1.54) is 24.1 Å². The maximum absolute atomic E-state index is 13.5. The monoisotopic (exact) mass is 395 g/mol. The molecule has 3 heterocycles. The van der Waals surface area contributed by atoms with Gasteiger partial charge < -0.3 is 4.74 Å². The Kier molecular flexibility index (Phi) is 4.94. The predicted octanol–water partition coefficient (Wildman–Crippen LogP) is 2.48. The molecule has 1 aliphatic rings. The lowest BCUT2D eigenvalue weighted by molar-refractivity contribution is -0.149. The highest BCUT2D eigenvalue weighted by atomic mass is 19.1. The van der Waals surface area contributed by atoms with Gasteiger partial charge in [-0.25, -0.2) is 9.07 Å². The van der Waals surface area contributed by atoms with Crippen LogP contribution in [0.4, 0.5) is 10.2 Å². The van der Waals surface area contributed by atoms with Gasteiger partial charge in [-0.1, -0.05) is 12.1 Å². The zero-order valence-electron chi connectivity index (χ0n) is 15.6. The van der Waals surface area contributed by atoms with Crippen molar-refractivity contribution in [3.63, 3.8) is 0 Å². The molecule has 8 nitrogen and oxygen atoms in total. The third kappa shape index (κ3) is 3.79. The number of ether oxygens (including phenoxy) is 1. The summed E-state index contributed by atoms with van der Waals surface area (Å²) in [5, 5.41) is 6.09. The summed E-state index contributed by atoms with van der Waals surface area (Å²) in [6.07, 6.45) is 3.34. The van der Waals surface area contributed by atoms with Gasteiger partial charge in [-0.3, -0.25) is 25.0 Å². The van der Waals surface area contributed by atoms with Crippen LogP contribution in [0.1, 0.15) is 6.92 Å². The number of esters is 1. The number of pyridine rings is 1. The zero-order valence-corrected chi connectivity index (χ0v) is 15.6. The van der Waals surface area contributed by atoms with Crippen LogP contribution < -0.4 is 5.43 Å². The SMILES string of the molecule is CC(=O)OCC(=O)N1CCn2nc(-c3ccncc3)c(-c3ccc(F)cc3)c2N1. The average molecular weight is 395 g/mol. The van der Waals surface area contributed by atoms with Gasteiger partial charge in [-0.05, 0) is 29.8 Å². The minimum absolute atomic E-state index is 0.341. The van der Waals surface area contributed by atoms with Crippen LogP contribution >= 0.6 is 0 Å². The molecule has 0 aliphatic carbocycles. The number of carbonyl (C=O) groups excluding carboxylic acids is 2. The number of anilines is 1. The van der Waals surface area contributed by atoms with Gasteiger partial charge in [0.25, 0.3) is 5.91 Å². The molecule has 0 radical (unpaired) electrons. The fraction of sp³-hybridized carbons (Fsp3) is 0.200. The molecule has 1 aliphatic heterocycles. The van der Waals surface area contributed by atoms with Gasteiger partial charge >= 0.3 is 5.97 Å². The molecule has 0 saturated carbocycles. The van der Waals surface area contributed by atoms with Gasteiger partial charge in [-0.15, -0.1) is 0 Å². The first kappa shape index (κ1) is 18.6. The molecule has 0 atom stereocenters. The third-order valence-electron chi connectivity index (χ3n) is 4.52. The number of rotatable bonds is 4. The highest BCUT2D eigenvalue weighted by Crippen LogP contribution is 2.39. The van der Waals surface area contributed by atoms with Gasteiger partial charge in [0.15, 0.2) is 12.4 Å². The molecule has 1 N–H and O–H groups in total. The van der Waals surface area contributed by atoms with Crippen molar-refractivity contribution in [2.45, 2.75) is 13.5 Å². The van der Waals surface area contributed by atoms with E-state index < -0.39 is 5.97 Å². The Bertz CT molecular complexity index is 1050. The van der Waals surface area contributed by atoms with Crippen molar-refractivity contribution < 1.29 is 18.7 Å². The lowest BCUT2D eigenvalue weighted by Crippen LogP contribution is -2.44. The van der Waals surface area contributed by atoms with Crippen molar-refractivity contribution in [1.82, 2.24) is 19.8 Å². The molecule has 1 amide bonds. The van der Waals surface area contributed by atoms with E-state index in [-0.39, 0.29) is 18.3 Å². The van der Waals surface area contributed by atoms with E-state index in [4.69, 9.17) is 9.84 Å². The topological polar surface area (TPSA) is 89.4 Å². The molecule has 4 rings (SSSR count). The second-order valence-electron chi connectivity index (χ2n) is 6.48. The predicted molar refractivity (Wildman–Crippen MR) is 103 cm³/mol. The van der Waals surface area contributed by atoms with Crippen LogP contribution in [0.3, 0.4) is 0 Å². The molecular weight excluding hydrogens is 377 g/mol. The fourth-order valence-electron chi connectivity index (χ4n) is 3.15. The lowest BCUT2D eigenvalue weighted by atomic mass is 10.0. The van der Waals surface area contributed by atoms with Gasteiger partial charge in [-0.2, -0.15) is 5.10 Å². The molecule has 0 fully saturated rings. The Morgan fingerprint density at radius 3 is 2.52 bits per heavy atom. The van der Waals surface area contributed by atoms with Crippen LogP contribution in [-0.2, 0) is 20.9 Å². The summed E-state index contributed by atoms with van der Waals surface area (Å²) in [6, 6.07) is 9.76. The maximum Gasteiger partial charge on any atom is 0.303 e. The maximum atomic E-state index is 13.5. The number of amides is 1. The molecular formula is C20H18FN5O3. The van der Waals surface area contributed by atoms with Gasteiger partial charge in [0, 0.05) is 24.9 Å². The van der Waals surface area contributed by atoms with E-state index in [9.17, 15) is 14.0 Å². The van der Waals surface area contributed by atoms with Crippen LogP contribution in [0.25, 0.3) is 22.4 Å². The first-order valence-corrected chi connectivity index (χ1v) is 9.00. The molecule has 9 heteroatoms. The van der Waals surface area contributed by atoms with Gasteiger partial charge in [0.2, 0.25) is 0 Å². The standard InChI is InChI=1S/C20H18FN5O3/c1-13(27)29-12-17(28)25-10-11-26-20(24-25)18(14-2-4-16(21)5-3-14)19(23-26)15-6-8-22-9-7-15/h2-9,24H,10-12H2,1H3. The van der Waals surface area contributed by atoms with Crippen molar-refractivity contribution in [3.8, 4) is 22.4 Å². The summed E-state index contributed by atoms with van der Waals surface area (Å²) < 4.78 is 20.0. The number of halogens is 1. The van der Waals surface area contributed by atoms with E-state index in [1.807, 2.05) is 12.1 Å². The average Bonchev–Trinajstić information content (AvgIpc) is 3.12. The molecule has 148 valence electrons. The molecule has 29 heavy (non-hydrogen) atoms. The Morgan fingerprint density at radius 2 is 1.83 bits per heavy atom. The molecule has 0 bridgehead atoms. The van der Waals surface area contributed by atoms with Crippen molar-refractivity contribution in [3.05, 3.63) is 54.6 Å². The minimum atomic E-state index is -0.521.